The van der Waals surface area contributed by atoms with Crippen LogP contribution in [0.1, 0.15) is 46.0 Å². The third kappa shape index (κ3) is 4.74. The zero-order valence-corrected chi connectivity index (χ0v) is 20.2. The number of rotatable bonds is 7. The summed E-state index contributed by atoms with van der Waals surface area (Å²) in [5, 5.41) is 5.77. The maximum Gasteiger partial charge on any atom is 0.143 e. The minimum atomic E-state index is -2.04. The molecule has 164 valence electrons. The van der Waals surface area contributed by atoms with Gasteiger partial charge >= 0.3 is 0 Å². The Morgan fingerprint density at radius 3 is 1.62 bits per heavy atom. The molecule has 0 N–H and O–H groups in total. The van der Waals surface area contributed by atoms with Gasteiger partial charge in [-0.2, -0.15) is 0 Å². The van der Waals surface area contributed by atoms with E-state index in [2.05, 4.69) is 111 Å². The van der Waals surface area contributed by atoms with Crippen molar-refractivity contribution in [3.63, 3.8) is 0 Å². The molecule has 32 heavy (non-hydrogen) atoms. The third-order valence-electron chi connectivity index (χ3n) is 6.22. The van der Waals surface area contributed by atoms with Gasteiger partial charge in [0.1, 0.15) is 40.9 Å². The Morgan fingerprint density at radius 2 is 1.16 bits per heavy atom. The quantitative estimate of drug-likeness (QED) is 0.280. The number of ether oxygens (including phenoxy) is 1. The highest BCUT2D eigenvalue weighted by Crippen LogP contribution is 2.65. The molecule has 0 aromatic heterocycles. The molecule has 0 amide bonds. The summed E-state index contributed by atoms with van der Waals surface area (Å²) in [4.78, 5) is 0. The Bertz CT molecular complexity index is 951. The Balaban J connectivity index is 2.03. The van der Waals surface area contributed by atoms with E-state index in [1.807, 2.05) is 0 Å². The second kappa shape index (κ2) is 10.8. The van der Waals surface area contributed by atoms with Crippen LogP contribution in [0.4, 0.5) is 0 Å². The van der Waals surface area contributed by atoms with Crippen LogP contribution in [-0.4, -0.2) is 6.61 Å². The van der Waals surface area contributed by atoms with E-state index >= 15 is 0 Å². The Morgan fingerprint density at radius 1 is 0.688 bits per heavy atom. The van der Waals surface area contributed by atoms with E-state index in [0.717, 1.165) is 12.8 Å². The van der Waals surface area contributed by atoms with E-state index < -0.39 is 7.26 Å². The topological polar surface area (TPSA) is 9.23 Å². The van der Waals surface area contributed by atoms with E-state index in [1.165, 1.54) is 51.8 Å². The first-order valence-corrected chi connectivity index (χ1v) is 13.6. The molecule has 0 heterocycles. The fourth-order valence-electron chi connectivity index (χ4n) is 4.73. The van der Waals surface area contributed by atoms with E-state index in [-0.39, 0.29) is 0 Å². The maximum atomic E-state index is 6.59. The molecule has 4 rings (SSSR count). The first-order valence-electron chi connectivity index (χ1n) is 11.8. The lowest BCUT2D eigenvalue weighted by atomic mass is 10.2. The summed E-state index contributed by atoms with van der Waals surface area (Å²) in [7, 11) is -2.04. The molecule has 0 saturated carbocycles. The van der Waals surface area contributed by atoms with Crippen molar-refractivity contribution in [1.82, 2.24) is 0 Å². The lowest BCUT2D eigenvalue weighted by Crippen LogP contribution is -2.33. The van der Waals surface area contributed by atoms with E-state index in [9.17, 15) is 0 Å². The van der Waals surface area contributed by atoms with Crippen LogP contribution >= 0.6 is 7.26 Å². The molecule has 0 radical (unpaired) electrons. The molecule has 2 heteroatoms. The summed E-state index contributed by atoms with van der Waals surface area (Å²) in [5.74, 6) is 1.23. The minimum absolute atomic E-state index is 0.652. The summed E-state index contributed by atoms with van der Waals surface area (Å²) >= 11 is 0. The van der Waals surface area contributed by atoms with E-state index in [0.29, 0.717) is 6.61 Å². The van der Waals surface area contributed by atoms with Crippen molar-refractivity contribution in [2.75, 3.05) is 6.61 Å². The molecule has 0 fully saturated rings. The van der Waals surface area contributed by atoms with E-state index in [1.54, 1.807) is 0 Å². The maximum absolute atomic E-state index is 6.59. The Hall–Kier alpha value is -2.63. The highest BCUT2D eigenvalue weighted by Gasteiger charge is 2.51. The van der Waals surface area contributed by atoms with Crippen molar-refractivity contribution < 1.29 is 4.74 Å². The average molecular weight is 442 g/mol. The molecule has 0 atom stereocenters. The highest BCUT2D eigenvalue weighted by molar-refractivity contribution is 7.99. The van der Waals surface area contributed by atoms with Crippen LogP contribution in [0.5, 0.6) is 0 Å². The lowest BCUT2D eigenvalue weighted by molar-refractivity contribution is 0.232. The second-order valence-electron chi connectivity index (χ2n) is 8.70. The number of hydrogen-bond donors (Lipinski definition) is 0. The molecule has 0 unspecified atom stereocenters. The molecule has 3 aromatic rings. The first kappa shape index (κ1) is 22.6. The van der Waals surface area contributed by atoms with Crippen LogP contribution in [-0.2, 0) is 4.74 Å². The summed E-state index contributed by atoms with van der Waals surface area (Å²) in [6, 6.07) is 33.5. The van der Waals surface area contributed by atoms with Gasteiger partial charge in [-0.1, -0.05) is 66.6 Å². The molecular weight excluding hydrogens is 407 g/mol. The molecule has 1 aliphatic rings. The first-order chi connectivity index (χ1) is 15.7. The second-order valence-corrected chi connectivity index (χ2v) is 12.1. The van der Waals surface area contributed by atoms with Crippen molar-refractivity contribution in [2.45, 2.75) is 46.0 Å². The van der Waals surface area contributed by atoms with Gasteiger partial charge in [-0.15, -0.1) is 0 Å². The number of benzene rings is 3. The fraction of sp³-hybridized carbons (Fsp3) is 0.267. The summed E-state index contributed by atoms with van der Waals surface area (Å²) in [6.45, 7) is 4.93. The minimum Gasteiger partial charge on any atom is -0.490 e. The van der Waals surface area contributed by atoms with Gasteiger partial charge in [0.05, 0.1) is 0 Å². The Kier molecular flexibility index (Phi) is 7.61. The molecule has 0 saturated heterocycles. The smallest absolute Gasteiger partial charge is 0.143 e. The van der Waals surface area contributed by atoms with Gasteiger partial charge in [0, 0.05) is 12.8 Å². The molecule has 1 aliphatic carbocycles. The summed E-state index contributed by atoms with van der Waals surface area (Å²) < 4.78 is 6.59. The van der Waals surface area contributed by atoms with Crippen LogP contribution in [0.2, 0.25) is 0 Å². The van der Waals surface area contributed by atoms with Crippen molar-refractivity contribution >= 4 is 23.2 Å². The zero-order valence-electron chi connectivity index (χ0n) is 19.3. The molecular formula is C30H34OP+. The van der Waals surface area contributed by atoms with Crippen molar-refractivity contribution in [1.29, 1.82) is 0 Å². The molecule has 0 bridgehead atoms. The van der Waals surface area contributed by atoms with Gasteiger partial charge in [-0.25, -0.2) is 0 Å². The molecule has 0 spiro atoms. The van der Waals surface area contributed by atoms with Crippen LogP contribution < -0.4 is 15.9 Å². The third-order valence-corrected chi connectivity index (χ3v) is 10.7. The summed E-state index contributed by atoms with van der Waals surface area (Å²) in [6.07, 6.45) is 8.00. The monoisotopic (exact) mass is 441 g/mol. The Labute approximate surface area is 194 Å². The summed E-state index contributed by atoms with van der Waals surface area (Å²) in [5.41, 5.74) is 1.30. The molecule has 0 aliphatic heterocycles. The van der Waals surface area contributed by atoms with Crippen LogP contribution in [0.15, 0.2) is 114 Å². The van der Waals surface area contributed by atoms with Gasteiger partial charge in [0.2, 0.25) is 0 Å². The van der Waals surface area contributed by atoms with Gasteiger partial charge in [0.15, 0.2) is 0 Å². The van der Waals surface area contributed by atoms with E-state index in [4.69, 9.17) is 4.74 Å². The highest BCUT2D eigenvalue weighted by atomic mass is 31.2. The van der Waals surface area contributed by atoms with Crippen LogP contribution in [0.25, 0.3) is 0 Å². The van der Waals surface area contributed by atoms with Gasteiger partial charge in [0.25, 0.3) is 0 Å². The SMILES string of the molecule is CC(C)=CCOC1=C([P+](c2ccccc2)(c2ccccc2)c2ccccc2)CCCCC1. The predicted octanol–water partition coefficient (Wildman–Crippen LogP) is 7.14. The fourth-order valence-corrected chi connectivity index (χ4v) is 9.46. The van der Waals surface area contributed by atoms with Gasteiger partial charge in [-0.3, -0.25) is 0 Å². The van der Waals surface area contributed by atoms with Crippen LogP contribution in [0, 0.1) is 0 Å². The average Bonchev–Trinajstić information content (AvgIpc) is 3.08. The van der Waals surface area contributed by atoms with Crippen LogP contribution in [0.3, 0.4) is 0 Å². The normalized spacial score (nSPS) is 14.6. The van der Waals surface area contributed by atoms with Crippen molar-refractivity contribution in [3.8, 4) is 0 Å². The molecule has 1 nitrogen and oxygen atoms in total. The van der Waals surface area contributed by atoms with Crippen molar-refractivity contribution in [3.05, 3.63) is 114 Å². The number of hydrogen-bond acceptors (Lipinski definition) is 1. The lowest BCUT2D eigenvalue weighted by Gasteiger charge is -2.30. The van der Waals surface area contributed by atoms with Gasteiger partial charge < -0.3 is 4.74 Å². The predicted molar refractivity (Wildman–Crippen MR) is 141 cm³/mol. The van der Waals surface area contributed by atoms with Crippen molar-refractivity contribution in [2.24, 2.45) is 0 Å². The largest absolute Gasteiger partial charge is 0.490 e. The zero-order chi connectivity index (χ0) is 22.2. The number of allylic oxidation sites excluding steroid dienone is 3. The van der Waals surface area contributed by atoms with Gasteiger partial charge in [-0.05, 0) is 69.2 Å². The molecule has 3 aromatic carbocycles. The standard InChI is InChI=1S/C30H34OP/c1-25(2)23-24-31-29-21-13-6-14-22-30(29)32(26-15-7-3-8-16-26,27-17-9-4-10-18-27)28-19-11-5-12-20-28/h3-5,7-12,15-20,23H,6,13-14,21-22,24H2,1-2H3/q+1.